The Labute approximate surface area is 185 Å². The van der Waals surface area contributed by atoms with Crippen LogP contribution in [-0.2, 0) is 17.8 Å². The average Bonchev–Trinajstić information content (AvgIpc) is 3.44. The smallest absolute Gasteiger partial charge is 0.245 e. The van der Waals surface area contributed by atoms with E-state index in [-0.39, 0.29) is 5.91 Å². The molecule has 0 radical (unpaired) electrons. The molecule has 3 heterocycles. The number of benzene rings is 1. The highest BCUT2D eigenvalue weighted by molar-refractivity contribution is 5.80. The third kappa shape index (κ3) is 4.64. The SMILES string of the molecule is COc1cccc(CC(C(=O)NCc2ccnc(-n3ccnc3C)c2)n2nnnc2C)c1. The Hall–Kier alpha value is -4.08. The van der Waals surface area contributed by atoms with Gasteiger partial charge in [-0.25, -0.2) is 14.6 Å². The van der Waals surface area contributed by atoms with Gasteiger partial charge in [-0.3, -0.25) is 9.36 Å². The van der Waals surface area contributed by atoms with E-state index in [1.807, 2.05) is 54.1 Å². The molecule has 10 nitrogen and oxygen atoms in total. The summed E-state index contributed by atoms with van der Waals surface area (Å²) in [6.07, 6.45) is 5.72. The van der Waals surface area contributed by atoms with Crippen molar-refractivity contribution in [1.82, 2.24) is 40.1 Å². The van der Waals surface area contributed by atoms with Gasteiger partial charge in [0.1, 0.15) is 29.3 Å². The number of nitrogens with zero attached hydrogens (tertiary/aromatic N) is 7. The van der Waals surface area contributed by atoms with Gasteiger partial charge < -0.3 is 10.1 Å². The first-order chi connectivity index (χ1) is 15.5. The van der Waals surface area contributed by atoms with Gasteiger partial charge in [0, 0.05) is 31.6 Å². The predicted octanol–water partition coefficient (Wildman–Crippen LogP) is 1.98. The fourth-order valence-corrected chi connectivity index (χ4v) is 3.47. The second kappa shape index (κ2) is 9.38. The molecule has 1 atom stereocenters. The summed E-state index contributed by atoms with van der Waals surface area (Å²) in [5, 5.41) is 14.7. The molecule has 3 aromatic heterocycles. The molecule has 1 unspecified atom stereocenters. The van der Waals surface area contributed by atoms with E-state index in [0.29, 0.717) is 18.8 Å². The van der Waals surface area contributed by atoms with Gasteiger partial charge in [0.25, 0.3) is 0 Å². The summed E-state index contributed by atoms with van der Waals surface area (Å²) in [7, 11) is 1.61. The van der Waals surface area contributed by atoms with E-state index in [1.165, 1.54) is 0 Å². The van der Waals surface area contributed by atoms with E-state index < -0.39 is 6.04 Å². The van der Waals surface area contributed by atoms with Crippen molar-refractivity contribution in [3.63, 3.8) is 0 Å². The fourth-order valence-electron chi connectivity index (χ4n) is 3.47. The van der Waals surface area contributed by atoms with Gasteiger partial charge in [0.05, 0.1) is 7.11 Å². The first-order valence-corrected chi connectivity index (χ1v) is 10.2. The summed E-state index contributed by atoms with van der Waals surface area (Å²) in [6, 6.07) is 10.8. The Balaban J connectivity index is 1.52. The molecule has 4 rings (SSSR count). The number of tetrazole rings is 1. The molecule has 0 fully saturated rings. The lowest BCUT2D eigenvalue weighted by Gasteiger charge is -2.18. The summed E-state index contributed by atoms with van der Waals surface area (Å²) >= 11 is 0. The maximum absolute atomic E-state index is 13.2. The minimum absolute atomic E-state index is 0.180. The molecule has 0 bridgehead atoms. The molecular formula is C22H24N8O2. The van der Waals surface area contributed by atoms with Crippen molar-refractivity contribution < 1.29 is 9.53 Å². The summed E-state index contributed by atoms with van der Waals surface area (Å²) in [5.74, 6) is 2.70. The highest BCUT2D eigenvalue weighted by atomic mass is 16.5. The van der Waals surface area contributed by atoms with Crippen molar-refractivity contribution in [3.8, 4) is 11.6 Å². The quantitative estimate of drug-likeness (QED) is 0.453. The molecule has 10 heteroatoms. The van der Waals surface area contributed by atoms with Gasteiger partial charge in [-0.1, -0.05) is 12.1 Å². The van der Waals surface area contributed by atoms with Crippen molar-refractivity contribution in [2.24, 2.45) is 0 Å². The van der Waals surface area contributed by atoms with E-state index in [2.05, 4.69) is 30.8 Å². The third-order valence-corrected chi connectivity index (χ3v) is 5.17. The summed E-state index contributed by atoms with van der Waals surface area (Å²) in [6.45, 7) is 4.03. The Bertz CT molecular complexity index is 1220. The van der Waals surface area contributed by atoms with E-state index in [4.69, 9.17) is 4.74 Å². The molecule has 1 N–H and O–H groups in total. The van der Waals surface area contributed by atoms with Crippen LogP contribution in [0.4, 0.5) is 0 Å². The van der Waals surface area contributed by atoms with Gasteiger partial charge in [0.2, 0.25) is 5.91 Å². The molecule has 0 aliphatic rings. The molecule has 1 amide bonds. The Kier molecular flexibility index (Phi) is 6.20. The van der Waals surface area contributed by atoms with Crippen molar-refractivity contribution in [1.29, 1.82) is 0 Å². The molecule has 0 saturated heterocycles. The molecule has 164 valence electrons. The topological polar surface area (TPSA) is 113 Å². The number of hydrogen-bond acceptors (Lipinski definition) is 7. The van der Waals surface area contributed by atoms with Crippen molar-refractivity contribution >= 4 is 5.91 Å². The highest BCUT2D eigenvalue weighted by Crippen LogP contribution is 2.19. The lowest BCUT2D eigenvalue weighted by atomic mass is 10.0. The zero-order chi connectivity index (χ0) is 22.5. The Morgan fingerprint density at radius 1 is 1.09 bits per heavy atom. The second-order valence-corrected chi connectivity index (χ2v) is 7.33. The van der Waals surface area contributed by atoms with Crippen LogP contribution in [0, 0.1) is 13.8 Å². The minimum atomic E-state index is -0.602. The fraction of sp³-hybridized carbons (Fsp3) is 0.273. The summed E-state index contributed by atoms with van der Waals surface area (Å²) in [4.78, 5) is 21.8. The predicted molar refractivity (Wildman–Crippen MR) is 116 cm³/mol. The van der Waals surface area contributed by atoms with Crippen LogP contribution in [0.3, 0.4) is 0 Å². The first kappa shape index (κ1) is 21.2. The molecule has 32 heavy (non-hydrogen) atoms. The largest absolute Gasteiger partial charge is 0.497 e. The number of ether oxygens (including phenoxy) is 1. The highest BCUT2D eigenvalue weighted by Gasteiger charge is 2.24. The van der Waals surface area contributed by atoms with Gasteiger partial charge >= 0.3 is 0 Å². The number of pyridine rings is 1. The second-order valence-electron chi connectivity index (χ2n) is 7.33. The summed E-state index contributed by atoms with van der Waals surface area (Å²) in [5.41, 5.74) is 1.87. The number of aryl methyl sites for hydroxylation is 2. The van der Waals surface area contributed by atoms with E-state index >= 15 is 0 Å². The average molecular weight is 432 g/mol. The maximum atomic E-state index is 13.2. The molecule has 4 aromatic rings. The van der Waals surface area contributed by atoms with Crippen LogP contribution in [0.2, 0.25) is 0 Å². The number of hydrogen-bond donors (Lipinski definition) is 1. The van der Waals surface area contributed by atoms with Crippen LogP contribution in [0.25, 0.3) is 5.82 Å². The number of carbonyl (C=O) groups excluding carboxylic acids is 1. The molecule has 0 aliphatic heterocycles. The lowest BCUT2D eigenvalue weighted by Crippen LogP contribution is -2.34. The zero-order valence-electron chi connectivity index (χ0n) is 18.1. The van der Waals surface area contributed by atoms with Gasteiger partial charge in [-0.2, -0.15) is 0 Å². The van der Waals surface area contributed by atoms with Gasteiger partial charge in [-0.05, 0) is 59.7 Å². The van der Waals surface area contributed by atoms with Crippen molar-refractivity contribution in [2.75, 3.05) is 7.11 Å². The first-order valence-electron chi connectivity index (χ1n) is 10.2. The van der Waals surface area contributed by atoms with Gasteiger partial charge in [-0.15, -0.1) is 5.10 Å². The normalized spacial score (nSPS) is 11.8. The molecule has 0 spiro atoms. The number of imidazole rings is 1. The molecule has 1 aromatic carbocycles. The van der Waals surface area contributed by atoms with Crippen LogP contribution in [-0.4, -0.2) is 47.8 Å². The zero-order valence-corrected chi connectivity index (χ0v) is 18.1. The van der Waals surface area contributed by atoms with Crippen LogP contribution >= 0.6 is 0 Å². The van der Waals surface area contributed by atoms with Crippen LogP contribution in [0.1, 0.15) is 28.8 Å². The van der Waals surface area contributed by atoms with Crippen molar-refractivity contribution in [3.05, 3.63) is 77.8 Å². The van der Waals surface area contributed by atoms with E-state index in [0.717, 1.165) is 28.5 Å². The monoisotopic (exact) mass is 432 g/mol. The number of carbonyl (C=O) groups is 1. The standard InChI is InChI=1S/C22H24N8O2/c1-15-23-9-10-29(15)21-13-18(7-8-24-21)14-25-22(31)20(30-16(2)26-27-28-30)12-17-5-4-6-19(11-17)32-3/h4-11,13,20H,12,14H2,1-3H3,(H,25,31). The maximum Gasteiger partial charge on any atom is 0.245 e. The molecular weight excluding hydrogens is 408 g/mol. The van der Waals surface area contributed by atoms with Crippen LogP contribution < -0.4 is 10.1 Å². The molecule has 0 saturated carbocycles. The summed E-state index contributed by atoms with van der Waals surface area (Å²) < 4.78 is 8.74. The van der Waals surface area contributed by atoms with Crippen LogP contribution in [0.5, 0.6) is 5.75 Å². The number of methoxy groups -OCH3 is 1. The number of aromatic nitrogens is 7. The lowest BCUT2D eigenvalue weighted by molar-refractivity contribution is -0.124. The minimum Gasteiger partial charge on any atom is -0.497 e. The van der Waals surface area contributed by atoms with Crippen molar-refractivity contribution in [2.45, 2.75) is 32.9 Å². The Morgan fingerprint density at radius 3 is 2.69 bits per heavy atom. The third-order valence-electron chi connectivity index (χ3n) is 5.17. The number of amides is 1. The van der Waals surface area contributed by atoms with Gasteiger partial charge in [0.15, 0.2) is 0 Å². The number of nitrogens with one attached hydrogen (secondary N) is 1. The Morgan fingerprint density at radius 2 is 1.97 bits per heavy atom. The van der Waals surface area contributed by atoms with Crippen LogP contribution in [0.15, 0.2) is 55.0 Å². The van der Waals surface area contributed by atoms with E-state index in [1.54, 1.807) is 31.1 Å². The van der Waals surface area contributed by atoms with E-state index in [9.17, 15) is 4.79 Å². The molecule has 0 aliphatic carbocycles. The number of rotatable bonds is 8.